The van der Waals surface area contributed by atoms with Gasteiger partial charge in [0, 0.05) is 36.8 Å². The van der Waals surface area contributed by atoms with Gasteiger partial charge in [-0.1, -0.05) is 23.4 Å². The number of likely N-dealkylation sites (tertiary alicyclic amines) is 1. The molecule has 2 heterocycles. The molecule has 2 aromatic carbocycles. The predicted molar refractivity (Wildman–Crippen MR) is 105 cm³/mol. The van der Waals surface area contributed by atoms with Crippen LogP contribution in [0.2, 0.25) is 0 Å². The van der Waals surface area contributed by atoms with E-state index in [1.807, 2.05) is 29.2 Å². The molecule has 1 amide bonds. The number of oxime groups is 1. The Morgan fingerprint density at radius 3 is 2.59 bits per heavy atom. The first kappa shape index (κ1) is 19.5. The summed E-state index contributed by atoms with van der Waals surface area (Å²) in [7, 11) is 0. The van der Waals surface area contributed by atoms with Crippen LogP contribution in [0, 0.1) is 17.6 Å². The van der Waals surface area contributed by atoms with Crippen LogP contribution in [0.3, 0.4) is 0 Å². The molecule has 0 spiro atoms. The topological polar surface area (TPSA) is 56.1 Å². The highest BCUT2D eigenvalue weighted by molar-refractivity contribution is 6.02. The Morgan fingerprint density at radius 1 is 1.14 bits per heavy atom. The van der Waals surface area contributed by atoms with Gasteiger partial charge in [0.2, 0.25) is 0 Å². The number of carbonyl (C=O) groups excluding carboxylic acids is 1. The monoisotopic (exact) mass is 399 g/mol. The summed E-state index contributed by atoms with van der Waals surface area (Å²) < 4.78 is 27.1. The highest BCUT2D eigenvalue weighted by Gasteiger charge is 2.30. The average molecular weight is 399 g/mol. The number of benzene rings is 2. The van der Waals surface area contributed by atoms with Crippen molar-refractivity contribution in [2.45, 2.75) is 19.4 Å². The minimum Gasteiger partial charge on any atom is -0.411 e. The van der Waals surface area contributed by atoms with Crippen LogP contribution in [0.4, 0.5) is 8.78 Å². The van der Waals surface area contributed by atoms with Crippen molar-refractivity contribution >= 4 is 11.6 Å². The molecule has 0 aromatic heterocycles. The molecule has 0 saturated carbocycles. The van der Waals surface area contributed by atoms with Crippen LogP contribution in [0.25, 0.3) is 0 Å². The molecular formula is C22H23F2N3O2. The van der Waals surface area contributed by atoms with Crippen molar-refractivity contribution in [2.24, 2.45) is 11.1 Å². The van der Waals surface area contributed by atoms with Crippen molar-refractivity contribution < 1.29 is 18.8 Å². The molecule has 1 fully saturated rings. The summed E-state index contributed by atoms with van der Waals surface area (Å²) in [6.07, 6.45) is 1.81. The molecule has 152 valence electrons. The Kier molecular flexibility index (Phi) is 5.58. The number of piperidine rings is 1. The predicted octanol–water partition coefficient (Wildman–Crippen LogP) is 3.51. The van der Waals surface area contributed by atoms with Crippen LogP contribution in [0.1, 0.15) is 34.3 Å². The van der Waals surface area contributed by atoms with Gasteiger partial charge >= 0.3 is 0 Å². The molecule has 7 heteroatoms. The van der Waals surface area contributed by atoms with Gasteiger partial charge in [0.1, 0.15) is 17.3 Å². The van der Waals surface area contributed by atoms with E-state index >= 15 is 0 Å². The fraction of sp³-hybridized carbons (Fsp3) is 0.364. The standard InChI is InChI=1S/C22H23F2N3O2/c23-17-5-6-19(20(24)11-17)21(25-29)14-26-9-7-15(8-10-26)12-27-13-16-3-1-2-4-18(16)22(27)28/h1-6,11,15,29H,7-10,12-14H2. The van der Waals surface area contributed by atoms with Gasteiger partial charge in [-0.25, -0.2) is 8.78 Å². The fourth-order valence-electron chi connectivity index (χ4n) is 4.21. The summed E-state index contributed by atoms with van der Waals surface area (Å²) in [4.78, 5) is 16.5. The smallest absolute Gasteiger partial charge is 0.254 e. The van der Waals surface area contributed by atoms with Gasteiger partial charge in [-0.3, -0.25) is 9.69 Å². The third kappa shape index (κ3) is 4.15. The molecule has 2 aromatic rings. The molecule has 29 heavy (non-hydrogen) atoms. The maximum atomic E-state index is 14.0. The molecule has 1 saturated heterocycles. The summed E-state index contributed by atoms with van der Waals surface area (Å²) in [6.45, 7) is 3.22. The minimum absolute atomic E-state index is 0.101. The first-order valence-corrected chi connectivity index (χ1v) is 9.81. The number of carbonyl (C=O) groups is 1. The lowest BCUT2D eigenvalue weighted by molar-refractivity contribution is 0.0719. The van der Waals surface area contributed by atoms with Gasteiger partial charge in [0.15, 0.2) is 0 Å². The molecule has 2 aliphatic heterocycles. The molecule has 0 radical (unpaired) electrons. The first-order valence-electron chi connectivity index (χ1n) is 9.81. The number of nitrogens with zero attached hydrogens (tertiary/aromatic N) is 3. The van der Waals surface area contributed by atoms with E-state index in [1.54, 1.807) is 0 Å². The van der Waals surface area contributed by atoms with Crippen molar-refractivity contribution in [1.82, 2.24) is 9.80 Å². The molecular weight excluding hydrogens is 376 g/mol. The molecule has 0 aliphatic carbocycles. The molecule has 0 atom stereocenters. The minimum atomic E-state index is -0.736. The number of halogens is 2. The Bertz CT molecular complexity index is 939. The third-order valence-corrected chi connectivity index (χ3v) is 5.82. The van der Waals surface area contributed by atoms with E-state index in [4.69, 9.17) is 0 Å². The average Bonchev–Trinajstić information content (AvgIpc) is 3.03. The molecule has 1 N–H and O–H groups in total. The number of hydrogen-bond donors (Lipinski definition) is 1. The third-order valence-electron chi connectivity index (χ3n) is 5.82. The Balaban J connectivity index is 1.31. The van der Waals surface area contributed by atoms with Crippen molar-refractivity contribution in [2.75, 3.05) is 26.2 Å². The molecule has 0 unspecified atom stereocenters. The summed E-state index contributed by atoms with van der Waals surface area (Å²) in [5, 5.41) is 12.6. The van der Waals surface area contributed by atoms with E-state index in [-0.39, 0.29) is 17.2 Å². The van der Waals surface area contributed by atoms with Crippen molar-refractivity contribution in [3.8, 4) is 0 Å². The van der Waals surface area contributed by atoms with Gasteiger partial charge in [0.05, 0.1) is 0 Å². The van der Waals surface area contributed by atoms with Crippen LogP contribution in [-0.4, -0.2) is 52.8 Å². The zero-order chi connectivity index (χ0) is 20.4. The quantitative estimate of drug-likeness (QED) is 0.476. The Hall–Kier alpha value is -2.80. The zero-order valence-electron chi connectivity index (χ0n) is 16.0. The second-order valence-corrected chi connectivity index (χ2v) is 7.73. The number of amides is 1. The van der Waals surface area contributed by atoms with Gasteiger partial charge in [-0.05, 0) is 55.6 Å². The number of rotatable bonds is 5. The SMILES string of the molecule is O=C1c2ccccc2CN1CC1CCN(CC(=NO)c2ccc(F)cc2F)CC1. The number of fused-ring (bicyclic) bond motifs is 1. The lowest BCUT2D eigenvalue weighted by Gasteiger charge is -2.33. The Labute approximate surface area is 168 Å². The van der Waals surface area contributed by atoms with Gasteiger partial charge in [-0.15, -0.1) is 0 Å². The van der Waals surface area contributed by atoms with Gasteiger partial charge in [-0.2, -0.15) is 0 Å². The van der Waals surface area contributed by atoms with Crippen LogP contribution >= 0.6 is 0 Å². The van der Waals surface area contributed by atoms with Crippen LogP contribution in [0.5, 0.6) is 0 Å². The fourth-order valence-corrected chi connectivity index (χ4v) is 4.21. The molecule has 4 rings (SSSR count). The van der Waals surface area contributed by atoms with Crippen molar-refractivity contribution in [3.63, 3.8) is 0 Å². The molecule has 2 aliphatic rings. The van der Waals surface area contributed by atoms with E-state index < -0.39 is 11.6 Å². The normalized spacial score (nSPS) is 18.3. The summed E-state index contributed by atoms with van der Waals surface area (Å²) in [6, 6.07) is 11.0. The van der Waals surface area contributed by atoms with Crippen LogP contribution in [-0.2, 0) is 6.54 Å². The molecule has 0 bridgehead atoms. The van der Waals surface area contributed by atoms with E-state index in [0.717, 1.165) is 55.7 Å². The highest BCUT2D eigenvalue weighted by atomic mass is 19.1. The lowest BCUT2D eigenvalue weighted by Crippen LogP contribution is -2.41. The van der Waals surface area contributed by atoms with E-state index in [1.165, 1.54) is 6.07 Å². The van der Waals surface area contributed by atoms with E-state index in [0.29, 0.717) is 19.0 Å². The Morgan fingerprint density at radius 2 is 1.90 bits per heavy atom. The van der Waals surface area contributed by atoms with E-state index in [9.17, 15) is 18.8 Å². The number of hydrogen-bond acceptors (Lipinski definition) is 4. The summed E-state index contributed by atoms with van der Waals surface area (Å²) in [5.74, 6) is -0.895. The highest BCUT2D eigenvalue weighted by Crippen LogP contribution is 2.26. The zero-order valence-corrected chi connectivity index (χ0v) is 16.0. The first-order chi connectivity index (χ1) is 14.0. The van der Waals surface area contributed by atoms with Gasteiger partial charge in [0.25, 0.3) is 5.91 Å². The molecule has 5 nitrogen and oxygen atoms in total. The summed E-state index contributed by atoms with van der Waals surface area (Å²) in [5.41, 5.74) is 2.18. The van der Waals surface area contributed by atoms with Gasteiger partial charge < -0.3 is 10.1 Å². The summed E-state index contributed by atoms with van der Waals surface area (Å²) >= 11 is 0. The van der Waals surface area contributed by atoms with Crippen LogP contribution in [0.15, 0.2) is 47.6 Å². The van der Waals surface area contributed by atoms with Crippen molar-refractivity contribution in [3.05, 3.63) is 70.8 Å². The lowest BCUT2D eigenvalue weighted by atomic mass is 9.95. The van der Waals surface area contributed by atoms with Crippen molar-refractivity contribution in [1.29, 1.82) is 0 Å². The largest absolute Gasteiger partial charge is 0.411 e. The maximum Gasteiger partial charge on any atom is 0.254 e. The van der Waals surface area contributed by atoms with Crippen LogP contribution < -0.4 is 0 Å². The maximum absolute atomic E-state index is 14.0. The second-order valence-electron chi connectivity index (χ2n) is 7.73. The van der Waals surface area contributed by atoms with E-state index in [2.05, 4.69) is 10.1 Å². The second kappa shape index (κ2) is 8.29.